The van der Waals surface area contributed by atoms with Crippen LogP contribution in [-0.4, -0.2) is 60.2 Å². The summed E-state index contributed by atoms with van der Waals surface area (Å²) in [6.45, 7) is 0. The lowest BCUT2D eigenvalue weighted by molar-refractivity contribution is -0.179. The van der Waals surface area contributed by atoms with E-state index in [4.69, 9.17) is 14.9 Å². The van der Waals surface area contributed by atoms with Crippen molar-refractivity contribution in [3.05, 3.63) is 0 Å². The Kier molecular flexibility index (Phi) is 4.53. The monoisotopic (exact) mass is 284 g/mol. The fourth-order valence-corrected chi connectivity index (χ4v) is 2.87. The average Bonchev–Trinajstić information content (AvgIpc) is 2.20. The van der Waals surface area contributed by atoms with Gasteiger partial charge in [0.25, 0.3) is 0 Å². The van der Waals surface area contributed by atoms with Gasteiger partial charge in [-0.3, -0.25) is 4.57 Å². The van der Waals surface area contributed by atoms with E-state index < -0.39 is 49.9 Å². The van der Waals surface area contributed by atoms with Crippen molar-refractivity contribution in [2.75, 3.05) is 6.16 Å². The molecular formula is C9H17O8P. The first-order valence-corrected chi connectivity index (χ1v) is 7.21. The Hall–Kier alpha value is -0.500. The lowest BCUT2D eigenvalue weighted by atomic mass is 9.74. The molecule has 0 bridgehead atoms. The number of carboxylic acid groups (broad SMARTS) is 1. The molecule has 0 aromatic carbocycles. The number of hydrogen-bond donors (Lipinski definition) is 6. The van der Waals surface area contributed by atoms with Crippen LogP contribution < -0.4 is 0 Å². The van der Waals surface area contributed by atoms with Gasteiger partial charge in [0.05, 0.1) is 18.4 Å². The van der Waals surface area contributed by atoms with E-state index in [1.807, 2.05) is 0 Å². The molecule has 0 aromatic rings. The van der Waals surface area contributed by atoms with Crippen LogP contribution in [0.4, 0.5) is 0 Å². The Morgan fingerprint density at radius 1 is 1.28 bits per heavy atom. The highest BCUT2D eigenvalue weighted by atomic mass is 31.2. The Morgan fingerprint density at radius 2 is 1.83 bits per heavy atom. The molecule has 1 aliphatic rings. The van der Waals surface area contributed by atoms with Crippen molar-refractivity contribution in [2.24, 2.45) is 5.92 Å². The molecule has 9 heteroatoms. The highest BCUT2D eigenvalue weighted by molar-refractivity contribution is 7.51. The Morgan fingerprint density at radius 3 is 2.28 bits per heavy atom. The Balaban J connectivity index is 2.76. The van der Waals surface area contributed by atoms with Gasteiger partial charge in [0.1, 0.15) is 0 Å². The minimum atomic E-state index is -4.27. The van der Waals surface area contributed by atoms with E-state index >= 15 is 0 Å². The molecule has 0 spiro atoms. The topological polar surface area (TPSA) is 156 Å². The van der Waals surface area contributed by atoms with Crippen molar-refractivity contribution >= 4 is 13.6 Å². The van der Waals surface area contributed by atoms with Crippen LogP contribution in [-0.2, 0) is 9.36 Å². The molecule has 4 atom stereocenters. The molecule has 6 N–H and O–H groups in total. The first-order chi connectivity index (χ1) is 8.05. The number of aliphatic hydroxyl groups excluding tert-OH is 2. The smallest absolute Gasteiger partial charge is 0.335 e. The van der Waals surface area contributed by atoms with Gasteiger partial charge in [-0.1, -0.05) is 0 Å². The summed E-state index contributed by atoms with van der Waals surface area (Å²) < 4.78 is 10.7. The molecule has 106 valence electrons. The highest BCUT2D eigenvalue weighted by Crippen LogP contribution is 2.41. The molecule has 0 aromatic heterocycles. The van der Waals surface area contributed by atoms with Crippen molar-refractivity contribution in [3.63, 3.8) is 0 Å². The first-order valence-electron chi connectivity index (χ1n) is 5.42. The van der Waals surface area contributed by atoms with Crippen LogP contribution >= 0.6 is 7.60 Å². The fourth-order valence-electron chi connectivity index (χ4n) is 2.20. The minimum absolute atomic E-state index is 0.169. The second-order valence-electron chi connectivity index (χ2n) is 4.74. The highest BCUT2D eigenvalue weighted by Gasteiger charge is 2.48. The molecular weight excluding hydrogens is 267 g/mol. The minimum Gasteiger partial charge on any atom is -0.479 e. The summed E-state index contributed by atoms with van der Waals surface area (Å²) >= 11 is 0. The quantitative estimate of drug-likeness (QED) is 0.341. The maximum Gasteiger partial charge on any atom is 0.335 e. The van der Waals surface area contributed by atoms with Crippen molar-refractivity contribution in [1.82, 2.24) is 0 Å². The zero-order valence-electron chi connectivity index (χ0n) is 9.51. The van der Waals surface area contributed by atoms with E-state index in [9.17, 15) is 24.7 Å². The largest absolute Gasteiger partial charge is 0.479 e. The maximum absolute atomic E-state index is 10.9. The molecule has 0 heterocycles. The lowest BCUT2D eigenvalue weighted by Crippen LogP contribution is -2.53. The molecule has 0 saturated heterocycles. The molecule has 18 heavy (non-hydrogen) atoms. The molecule has 0 amide bonds. The van der Waals surface area contributed by atoms with Crippen LogP contribution in [0.3, 0.4) is 0 Å². The number of aliphatic hydroxyl groups is 3. The third-order valence-electron chi connectivity index (χ3n) is 3.21. The van der Waals surface area contributed by atoms with E-state index in [0.29, 0.717) is 0 Å². The van der Waals surface area contributed by atoms with Crippen LogP contribution in [0, 0.1) is 5.92 Å². The van der Waals surface area contributed by atoms with E-state index in [1.54, 1.807) is 0 Å². The molecule has 1 fully saturated rings. The predicted octanol–water partition coefficient (Wildman–Crippen LogP) is -1.50. The standard InChI is InChI=1S/C9H17O8P/c10-6-4-9(14,8(12)13)3-5(7(6)11)1-2-18(15,16)17/h5-7,10-11,14H,1-4H2,(H,12,13)(H2,15,16,17)/t5-,6-,7-,9+/m1/s1. The van der Waals surface area contributed by atoms with Crippen molar-refractivity contribution in [1.29, 1.82) is 0 Å². The summed E-state index contributed by atoms with van der Waals surface area (Å²) in [5, 5.41) is 37.8. The zero-order valence-corrected chi connectivity index (χ0v) is 10.4. The molecule has 0 unspecified atom stereocenters. The third kappa shape index (κ3) is 3.74. The van der Waals surface area contributed by atoms with Crippen LogP contribution in [0.15, 0.2) is 0 Å². The van der Waals surface area contributed by atoms with E-state index in [2.05, 4.69) is 0 Å². The number of aliphatic carboxylic acids is 1. The average molecular weight is 284 g/mol. The molecule has 1 aliphatic carbocycles. The second kappa shape index (κ2) is 5.24. The van der Waals surface area contributed by atoms with Crippen LogP contribution in [0.1, 0.15) is 19.3 Å². The van der Waals surface area contributed by atoms with Crippen molar-refractivity contribution in [3.8, 4) is 0 Å². The number of rotatable bonds is 4. The number of carboxylic acids is 1. The van der Waals surface area contributed by atoms with Gasteiger partial charge in [-0.15, -0.1) is 0 Å². The molecule has 8 nitrogen and oxygen atoms in total. The Labute approximate surface area is 103 Å². The van der Waals surface area contributed by atoms with Gasteiger partial charge in [0, 0.05) is 6.42 Å². The van der Waals surface area contributed by atoms with Crippen LogP contribution in [0.5, 0.6) is 0 Å². The van der Waals surface area contributed by atoms with Gasteiger partial charge >= 0.3 is 13.6 Å². The van der Waals surface area contributed by atoms with Crippen molar-refractivity contribution in [2.45, 2.75) is 37.1 Å². The molecule has 1 rings (SSSR count). The van der Waals surface area contributed by atoms with Gasteiger partial charge in [-0.05, 0) is 18.8 Å². The summed E-state index contributed by atoms with van der Waals surface area (Å²) in [6, 6.07) is 0. The zero-order chi connectivity index (χ0) is 14.1. The third-order valence-corrected chi connectivity index (χ3v) is 4.05. The first kappa shape index (κ1) is 15.6. The molecule has 0 aliphatic heterocycles. The molecule has 1 saturated carbocycles. The normalized spacial score (nSPS) is 37.5. The van der Waals surface area contributed by atoms with E-state index in [1.165, 1.54) is 0 Å². The van der Waals surface area contributed by atoms with Gasteiger partial charge < -0.3 is 30.2 Å². The van der Waals surface area contributed by atoms with Crippen LogP contribution in [0.25, 0.3) is 0 Å². The Bertz CT molecular complexity index is 366. The van der Waals surface area contributed by atoms with Gasteiger partial charge in [0.15, 0.2) is 5.60 Å². The number of carbonyl (C=O) groups is 1. The van der Waals surface area contributed by atoms with E-state index in [0.717, 1.165) is 0 Å². The second-order valence-corrected chi connectivity index (χ2v) is 6.52. The van der Waals surface area contributed by atoms with Gasteiger partial charge in [0.2, 0.25) is 0 Å². The molecule has 0 radical (unpaired) electrons. The summed E-state index contributed by atoms with van der Waals surface area (Å²) in [7, 11) is -4.27. The fraction of sp³-hybridized carbons (Fsp3) is 0.889. The van der Waals surface area contributed by atoms with E-state index in [-0.39, 0.29) is 12.8 Å². The maximum atomic E-state index is 10.9. The van der Waals surface area contributed by atoms with Gasteiger partial charge in [-0.25, -0.2) is 4.79 Å². The number of hydrogen-bond acceptors (Lipinski definition) is 5. The summed E-state index contributed by atoms with van der Waals surface area (Å²) in [5.74, 6) is -2.39. The summed E-state index contributed by atoms with van der Waals surface area (Å²) in [4.78, 5) is 28.3. The summed E-state index contributed by atoms with van der Waals surface area (Å²) in [6.07, 6.45) is -4.27. The predicted molar refractivity (Wildman–Crippen MR) is 58.9 cm³/mol. The SMILES string of the molecule is O=C(O)[C@]1(O)C[C@@H](CCP(=O)(O)O)[C@@H](O)[C@H](O)C1. The van der Waals surface area contributed by atoms with Crippen molar-refractivity contribution < 1.29 is 39.6 Å². The summed E-state index contributed by atoms with van der Waals surface area (Å²) in [5.41, 5.74) is -2.17. The van der Waals surface area contributed by atoms with Crippen LogP contribution in [0.2, 0.25) is 0 Å². The van der Waals surface area contributed by atoms with Gasteiger partial charge in [-0.2, -0.15) is 0 Å². The lowest BCUT2D eigenvalue weighted by Gasteiger charge is -2.40.